The summed E-state index contributed by atoms with van der Waals surface area (Å²) < 4.78 is 31.7. The zero-order chi connectivity index (χ0) is 29.4. The molecule has 0 aliphatic carbocycles. The van der Waals surface area contributed by atoms with Gasteiger partial charge >= 0.3 is 0 Å². The molecule has 2 aliphatic heterocycles. The molecule has 202 valence electrons. The van der Waals surface area contributed by atoms with Crippen LogP contribution in [0.3, 0.4) is 0 Å². The molecule has 2 aliphatic rings. The third kappa shape index (κ3) is 3.49. The molecule has 2 unspecified atom stereocenters. The lowest BCUT2D eigenvalue weighted by molar-refractivity contribution is 0.592. The van der Waals surface area contributed by atoms with Gasteiger partial charge in [0.1, 0.15) is 0 Å². The Morgan fingerprint density at radius 2 is 1.19 bits per heavy atom. The van der Waals surface area contributed by atoms with Crippen LogP contribution in [0.15, 0.2) is 97.1 Å². The Bertz CT molecular complexity index is 2040. The van der Waals surface area contributed by atoms with Gasteiger partial charge in [-0.2, -0.15) is 5.26 Å². The SMILES string of the molecule is [C-]#[N+]c1cccc(P2(=O)c3cc(C)ccc3N3c4ccc(C)cc4P(=O)(c4cccc(C#N)c4)c4cc(C)cc2c43)c1. The monoisotopic (exact) mass is 581 g/mol. The molecule has 7 rings (SSSR count). The fourth-order valence-electron chi connectivity index (χ4n) is 6.32. The van der Waals surface area contributed by atoms with Gasteiger partial charge in [-0.15, -0.1) is 0 Å². The summed E-state index contributed by atoms with van der Waals surface area (Å²) in [6.07, 6.45) is 0. The first-order valence-electron chi connectivity index (χ1n) is 13.6. The standard InChI is InChI=1S/C35H25N3O2P2/c1-22-11-13-29-31(15-22)41(39,27-9-5-7-25(19-27)21-36)33-17-24(3)18-34-35(33)38(29)30-14-12-23(2)16-32(30)42(34,40)28-10-6-8-26(20-28)37-4/h5-20H,1-3H3. The molecule has 0 bridgehead atoms. The average molecular weight is 582 g/mol. The molecule has 2 heterocycles. The molecule has 0 radical (unpaired) electrons. The van der Waals surface area contributed by atoms with E-state index < -0.39 is 14.3 Å². The van der Waals surface area contributed by atoms with Crippen molar-refractivity contribution in [3.63, 3.8) is 0 Å². The van der Waals surface area contributed by atoms with E-state index in [1.807, 2.05) is 81.4 Å². The number of rotatable bonds is 2. The molecule has 5 nitrogen and oxygen atoms in total. The second kappa shape index (κ2) is 9.17. The topological polar surface area (TPSA) is 65.5 Å². The predicted octanol–water partition coefficient (Wildman–Crippen LogP) is 6.41. The van der Waals surface area contributed by atoms with Crippen LogP contribution in [0, 0.1) is 38.7 Å². The van der Waals surface area contributed by atoms with Gasteiger partial charge in [0.15, 0.2) is 20.0 Å². The van der Waals surface area contributed by atoms with E-state index in [2.05, 4.69) is 15.8 Å². The molecule has 0 saturated carbocycles. The van der Waals surface area contributed by atoms with Crippen molar-refractivity contribution in [2.75, 3.05) is 4.90 Å². The molecule has 0 spiro atoms. The zero-order valence-corrected chi connectivity index (χ0v) is 25.1. The number of fused-ring (bicyclic) bond motifs is 4. The fraction of sp³-hybridized carbons (Fsp3) is 0.0857. The largest absolute Gasteiger partial charge is 0.309 e. The van der Waals surface area contributed by atoms with Crippen LogP contribution < -0.4 is 36.7 Å². The Balaban J connectivity index is 1.68. The van der Waals surface area contributed by atoms with Gasteiger partial charge in [0.05, 0.1) is 35.3 Å². The third-order valence-corrected chi connectivity index (χ3v) is 14.3. The molecule has 0 saturated heterocycles. The highest BCUT2D eigenvalue weighted by Gasteiger charge is 2.49. The number of hydrogen-bond donors (Lipinski definition) is 0. The maximum atomic E-state index is 15.8. The van der Waals surface area contributed by atoms with Crippen molar-refractivity contribution < 1.29 is 9.13 Å². The van der Waals surface area contributed by atoms with Crippen LogP contribution in [0.1, 0.15) is 22.3 Å². The van der Waals surface area contributed by atoms with E-state index in [0.717, 1.165) is 28.1 Å². The highest BCUT2D eigenvalue weighted by molar-refractivity contribution is 7.88. The van der Waals surface area contributed by atoms with Crippen molar-refractivity contribution in [1.82, 2.24) is 0 Å². The van der Waals surface area contributed by atoms with Gasteiger partial charge in [-0.3, -0.25) is 0 Å². The number of nitriles is 1. The van der Waals surface area contributed by atoms with Crippen molar-refractivity contribution in [2.24, 2.45) is 0 Å². The van der Waals surface area contributed by atoms with Crippen molar-refractivity contribution >= 4 is 68.9 Å². The van der Waals surface area contributed by atoms with Gasteiger partial charge < -0.3 is 14.0 Å². The summed E-state index contributed by atoms with van der Waals surface area (Å²) in [7, 11) is -7.06. The minimum atomic E-state index is -3.53. The lowest BCUT2D eigenvalue weighted by atomic mass is 10.1. The summed E-state index contributed by atoms with van der Waals surface area (Å²) in [6, 6.07) is 32.2. The number of hydrogen-bond acceptors (Lipinski definition) is 4. The molecule has 5 aromatic rings. The number of aryl methyl sites for hydroxylation is 3. The summed E-state index contributed by atoms with van der Waals surface area (Å²) in [5.41, 5.74) is 5.86. The van der Waals surface area contributed by atoms with Crippen LogP contribution in [-0.2, 0) is 9.13 Å². The van der Waals surface area contributed by atoms with Gasteiger partial charge in [-0.05, 0) is 80.9 Å². The molecular weight excluding hydrogens is 556 g/mol. The van der Waals surface area contributed by atoms with Crippen LogP contribution in [0.25, 0.3) is 4.85 Å². The lowest BCUT2D eigenvalue weighted by Gasteiger charge is -2.44. The molecule has 0 N–H and O–H groups in total. The smallest absolute Gasteiger partial charge is 0.188 e. The van der Waals surface area contributed by atoms with E-state index in [-0.39, 0.29) is 0 Å². The lowest BCUT2D eigenvalue weighted by Crippen LogP contribution is -2.46. The number of nitrogens with zero attached hydrogens (tertiary/aromatic N) is 3. The molecule has 42 heavy (non-hydrogen) atoms. The van der Waals surface area contributed by atoms with Gasteiger partial charge in [-0.1, -0.05) is 53.6 Å². The minimum absolute atomic E-state index is 0.417. The van der Waals surface area contributed by atoms with Crippen LogP contribution in [-0.4, -0.2) is 0 Å². The van der Waals surface area contributed by atoms with Crippen molar-refractivity contribution in [3.8, 4) is 6.07 Å². The van der Waals surface area contributed by atoms with Gasteiger partial charge in [0, 0.05) is 31.8 Å². The van der Waals surface area contributed by atoms with E-state index in [0.29, 0.717) is 48.8 Å². The average Bonchev–Trinajstić information content (AvgIpc) is 3.01. The molecule has 5 aromatic carbocycles. The summed E-state index contributed by atoms with van der Waals surface area (Å²) in [4.78, 5) is 5.75. The van der Waals surface area contributed by atoms with Crippen LogP contribution in [0.5, 0.6) is 0 Å². The Labute approximate surface area is 245 Å². The summed E-state index contributed by atoms with van der Waals surface area (Å²) in [5.74, 6) is 0. The third-order valence-electron chi connectivity index (χ3n) is 8.20. The summed E-state index contributed by atoms with van der Waals surface area (Å²) in [6.45, 7) is 13.5. The second-order valence-corrected chi connectivity index (χ2v) is 16.4. The molecule has 0 fully saturated rings. The maximum Gasteiger partial charge on any atom is 0.188 e. The van der Waals surface area contributed by atoms with Gasteiger partial charge in [0.2, 0.25) is 0 Å². The quantitative estimate of drug-likeness (QED) is 0.175. The van der Waals surface area contributed by atoms with Crippen molar-refractivity contribution in [1.29, 1.82) is 5.26 Å². The number of anilines is 3. The molecule has 0 amide bonds. The van der Waals surface area contributed by atoms with Crippen LogP contribution in [0.4, 0.5) is 22.7 Å². The van der Waals surface area contributed by atoms with Gasteiger partial charge in [-0.25, -0.2) is 4.85 Å². The molecular formula is C35H25N3O2P2. The summed E-state index contributed by atoms with van der Waals surface area (Å²) >= 11 is 0. The molecule has 7 heteroatoms. The highest BCUT2D eigenvalue weighted by Crippen LogP contribution is 2.60. The Morgan fingerprint density at radius 3 is 1.74 bits per heavy atom. The fourth-order valence-corrected chi connectivity index (χ4v) is 12.8. The first-order valence-corrected chi connectivity index (χ1v) is 17.0. The van der Waals surface area contributed by atoms with E-state index in [1.54, 1.807) is 36.4 Å². The van der Waals surface area contributed by atoms with Gasteiger partial charge in [0.25, 0.3) is 0 Å². The van der Waals surface area contributed by atoms with E-state index in [1.165, 1.54) is 0 Å². The minimum Gasteiger partial charge on any atom is -0.309 e. The second-order valence-electron chi connectivity index (χ2n) is 11.0. The zero-order valence-electron chi connectivity index (χ0n) is 23.3. The Morgan fingerprint density at radius 1 is 0.667 bits per heavy atom. The highest BCUT2D eigenvalue weighted by atomic mass is 31.2. The van der Waals surface area contributed by atoms with E-state index in [9.17, 15) is 5.26 Å². The van der Waals surface area contributed by atoms with E-state index >= 15 is 9.13 Å². The van der Waals surface area contributed by atoms with E-state index in [4.69, 9.17) is 6.57 Å². The van der Waals surface area contributed by atoms with Crippen molar-refractivity contribution in [2.45, 2.75) is 20.8 Å². The first kappa shape index (κ1) is 26.3. The first-order chi connectivity index (χ1) is 20.2. The number of benzene rings is 5. The normalized spacial score (nSPS) is 19.6. The molecule has 0 aromatic heterocycles. The van der Waals surface area contributed by atoms with Crippen LogP contribution in [0.2, 0.25) is 0 Å². The summed E-state index contributed by atoms with van der Waals surface area (Å²) in [5, 5.41) is 13.5. The maximum absolute atomic E-state index is 15.8. The Hall–Kier alpha value is -4.66. The predicted molar refractivity (Wildman–Crippen MR) is 172 cm³/mol. The van der Waals surface area contributed by atoms with Crippen LogP contribution >= 0.6 is 14.3 Å². The molecule has 2 atom stereocenters. The van der Waals surface area contributed by atoms with Crippen molar-refractivity contribution in [3.05, 3.63) is 131 Å². The Kier molecular flexibility index (Phi) is 5.73.